The highest BCUT2D eigenvalue weighted by Gasteiger charge is 2.19. The molecule has 0 aliphatic heterocycles. The number of hydrogen-bond donors (Lipinski definition) is 1. The molecule has 0 radical (unpaired) electrons. The number of rotatable bonds is 7. The zero-order valence-corrected chi connectivity index (χ0v) is 13.9. The van der Waals surface area contributed by atoms with Gasteiger partial charge in [0.05, 0.1) is 26.7 Å². The molecular weight excluding hydrogens is 312 g/mol. The molecule has 1 aliphatic carbocycles. The highest BCUT2D eigenvalue weighted by Crippen LogP contribution is 2.33. The summed E-state index contributed by atoms with van der Waals surface area (Å²) in [6.07, 6.45) is 5.58. The second kappa shape index (κ2) is 8.38. The van der Waals surface area contributed by atoms with E-state index in [1.54, 1.807) is 25.3 Å². The van der Waals surface area contributed by atoms with E-state index >= 15 is 0 Å². The van der Waals surface area contributed by atoms with E-state index < -0.39 is 18.4 Å². The first-order valence-electron chi connectivity index (χ1n) is 7.89. The third-order valence-electron chi connectivity index (χ3n) is 3.91. The van der Waals surface area contributed by atoms with Gasteiger partial charge in [-0.05, 0) is 49.5 Å². The smallest absolute Gasteiger partial charge is 0.334 e. The van der Waals surface area contributed by atoms with Crippen LogP contribution in [0.3, 0.4) is 0 Å². The molecular formula is C18H22O6. The topological polar surface area (TPSA) is 82.1 Å². The van der Waals surface area contributed by atoms with Gasteiger partial charge in [0, 0.05) is 5.57 Å². The molecule has 130 valence electrons. The van der Waals surface area contributed by atoms with Gasteiger partial charge in [0.25, 0.3) is 0 Å². The summed E-state index contributed by atoms with van der Waals surface area (Å²) in [5.74, 6) is -0.552. The van der Waals surface area contributed by atoms with Crippen molar-refractivity contribution in [2.75, 3.05) is 14.2 Å². The van der Waals surface area contributed by atoms with Crippen molar-refractivity contribution in [3.05, 3.63) is 29.3 Å². The lowest BCUT2D eigenvalue weighted by molar-refractivity contribution is -0.141. The molecule has 1 fully saturated rings. The summed E-state index contributed by atoms with van der Waals surface area (Å²) in [4.78, 5) is 22.7. The van der Waals surface area contributed by atoms with E-state index in [2.05, 4.69) is 4.74 Å². The van der Waals surface area contributed by atoms with Crippen molar-refractivity contribution in [2.24, 2.45) is 0 Å². The highest BCUT2D eigenvalue weighted by atomic mass is 16.5. The summed E-state index contributed by atoms with van der Waals surface area (Å²) in [6.45, 7) is 0. The molecule has 1 aromatic carbocycles. The lowest BCUT2D eigenvalue weighted by Crippen LogP contribution is -2.12. The van der Waals surface area contributed by atoms with Crippen molar-refractivity contribution in [3.63, 3.8) is 0 Å². The number of carboxylic acid groups (broad SMARTS) is 1. The van der Waals surface area contributed by atoms with Gasteiger partial charge < -0.3 is 19.3 Å². The van der Waals surface area contributed by atoms with Gasteiger partial charge in [-0.2, -0.15) is 0 Å². The number of esters is 1. The minimum atomic E-state index is -1.09. The van der Waals surface area contributed by atoms with Crippen LogP contribution in [-0.4, -0.2) is 37.4 Å². The Labute approximate surface area is 141 Å². The van der Waals surface area contributed by atoms with Crippen LogP contribution >= 0.6 is 0 Å². The molecule has 0 bridgehead atoms. The number of methoxy groups -OCH3 is 2. The molecule has 24 heavy (non-hydrogen) atoms. The lowest BCUT2D eigenvalue weighted by Gasteiger charge is -2.16. The van der Waals surface area contributed by atoms with Gasteiger partial charge in [-0.15, -0.1) is 0 Å². The largest absolute Gasteiger partial charge is 0.493 e. The first-order chi connectivity index (χ1) is 11.5. The predicted octanol–water partition coefficient (Wildman–Crippen LogP) is 3.05. The molecule has 6 heteroatoms. The predicted molar refractivity (Wildman–Crippen MR) is 88.1 cm³/mol. The summed E-state index contributed by atoms with van der Waals surface area (Å²) in [5, 5.41) is 8.94. The molecule has 6 nitrogen and oxygen atoms in total. The van der Waals surface area contributed by atoms with E-state index in [9.17, 15) is 9.59 Å². The fourth-order valence-electron chi connectivity index (χ4n) is 2.74. The molecule has 1 N–H and O–H groups in total. The van der Waals surface area contributed by atoms with Crippen LogP contribution in [0.4, 0.5) is 0 Å². The Morgan fingerprint density at radius 3 is 2.50 bits per heavy atom. The Kier molecular flexibility index (Phi) is 6.23. The zero-order valence-electron chi connectivity index (χ0n) is 13.9. The standard InChI is InChI=1S/C18H22O6/c1-22-15-8-7-12(9-13(11-17(19)20)18(21)23-2)10-16(15)24-14-5-3-4-6-14/h7-10,14H,3-6,11H2,1-2H3,(H,19,20). The molecule has 0 amide bonds. The van der Waals surface area contributed by atoms with E-state index in [1.807, 2.05) is 0 Å². The zero-order chi connectivity index (χ0) is 17.5. The third-order valence-corrected chi connectivity index (χ3v) is 3.91. The summed E-state index contributed by atoms with van der Waals surface area (Å²) in [5.41, 5.74) is 0.729. The van der Waals surface area contributed by atoms with E-state index in [4.69, 9.17) is 14.6 Å². The first kappa shape index (κ1) is 17.8. The van der Waals surface area contributed by atoms with Gasteiger partial charge in [-0.3, -0.25) is 4.79 Å². The van der Waals surface area contributed by atoms with Gasteiger partial charge in [0.15, 0.2) is 11.5 Å². The molecule has 2 rings (SSSR count). The van der Waals surface area contributed by atoms with Crippen molar-refractivity contribution >= 4 is 18.0 Å². The average Bonchev–Trinajstić information content (AvgIpc) is 3.06. The van der Waals surface area contributed by atoms with Gasteiger partial charge in [0.2, 0.25) is 0 Å². The number of hydrogen-bond acceptors (Lipinski definition) is 5. The van der Waals surface area contributed by atoms with Crippen molar-refractivity contribution in [1.82, 2.24) is 0 Å². The number of carboxylic acids is 1. The average molecular weight is 334 g/mol. The molecule has 0 saturated heterocycles. The Hall–Kier alpha value is -2.50. The maximum Gasteiger partial charge on any atom is 0.334 e. The molecule has 0 atom stereocenters. The van der Waals surface area contributed by atoms with Crippen molar-refractivity contribution in [1.29, 1.82) is 0 Å². The molecule has 1 aliphatic rings. The second-order valence-electron chi connectivity index (χ2n) is 5.67. The van der Waals surface area contributed by atoms with Crippen LogP contribution in [0, 0.1) is 0 Å². The molecule has 0 heterocycles. The second-order valence-corrected chi connectivity index (χ2v) is 5.67. The number of aliphatic carboxylic acids is 1. The Morgan fingerprint density at radius 1 is 1.21 bits per heavy atom. The quantitative estimate of drug-likeness (QED) is 0.609. The SMILES string of the molecule is COC(=O)C(=Cc1ccc(OC)c(OC2CCCC2)c1)CC(=O)O. The van der Waals surface area contributed by atoms with E-state index in [0.29, 0.717) is 17.1 Å². The van der Waals surface area contributed by atoms with Crippen LogP contribution in [0.25, 0.3) is 6.08 Å². The first-order valence-corrected chi connectivity index (χ1v) is 7.89. The Bertz CT molecular complexity index is 628. The molecule has 0 aromatic heterocycles. The fraction of sp³-hybridized carbons (Fsp3) is 0.444. The van der Waals surface area contributed by atoms with Gasteiger partial charge >= 0.3 is 11.9 Å². The Balaban J connectivity index is 2.29. The van der Waals surface area contributed by atoms with Crippen LogP contribution in [-0.2, 0) is 14.3 Å². The van der Waals surface area contributed by atoms with Crippen molar-refractivity contribution < 1.29 is 28.9 Å². The van der Waals surface area contributed by atoms with Crippen LogP contribution in [0.2, 0.25) is 0 Å². The van der Waals surface area contributed by atoms with Crippen LogP contribution in [0.5, 0.6) is 11.5 Å². The summed E-state index contributed by atoms with van der Waals surface area (Å²) in [6, 6.07) is 5.23. The van der Waals surface area contributed by atoms with E-state index in [1.165, 1.54) is 13.2 Å². The monoisotopic (exact) mass is 334 g/mol. The minimum absolute atomic E-state index is 0.0713. The number of carbonyl (C=O) groups excluding carboxylic acids is 1. The normalized spacial score (nSPS) is 15.2. The maximum absolute atomic E-state index is 11.7. The van der Waals surface area contributed by atoms with Crippen molar-refractivity contribution in [2.45, 2.75) is 38.2 Å². The Morgan fingerprint density at radius 2 is 1.92 bits per heavy atom. The molecule has 0 unspecified atom stereocenters. The number of benzene rings is 1. The summed E-state index contributed by atoms with van der Waals surface area (Å²) in [7, 11) is 2.79. The fourth-order valence-corrected chi connectivity index (χ4v) is 2.74. The van der Waals surface area contributed by atoms with Crippen LogP contribution in [0.15, 0.2) is 23.8 Å². The van der Waals surface area contributed by atoms with Crippen LogP contribution < -0.4 is 9.47 Å². The third kappa shape index (κ3) is 4.75. The number of carbonyl (C=O) groups is 2. The van der Waals surface area contributed by atoms with E-state index in [-0.39, 0.29) is 11.7 Å². The lowest BCUT2D eigenvalue weighted by atomic mass is 10.1. The summed E-state index contributed by atoms with van der Waals surface area (Å²) >= 11 is 0. The highest BCUT2D eigenvalue weighted by molar-refractivity contribution is 5.97. The maximum atomic E-state index is 11.7. The van der Waals surface area contributed by atoms with Gasteiger partial charge in [-0.25, -0.2) is 4.79 Å². The molecule has 1 saturated carbocycles. The van der Waals surface area contributed by atoms with Gasteiger partial charge in [-0.1, -0.05) is 6.07 Å². The molecule has 1 aromatic rings. The van der Waals surface area contributed by atoms with Crippen LogP contribution in [0.1, 0.15) is 37.7 Å². The van der Waals surface area contributed by atoms with Gasteiger partial charge in [0.1, 0.15) is 0 Å². The van der Waals surface area contributed by atoms with Crippen molar-refractivity contribution in [3.8, 4) is 11.5 Å². The molecule has 0 spiro atoms. The number of ether oxygens (including phenoxy) is 3. The minimum Gasteiger partial charge on any atom is -0.493 e. The van der Waals surface area contributed by atoms with E-state index in [0.717, 1.165) is 25.7 Å². The summed E-state index contributed by atoms with van der Waals surface area (Å²) < 4.78 is 16.0.